The molecule has 3 aliphatic heterocycles. The number of benzene rings is 2. The van der Waals surface area contributed by atoms with Crippen LogP contribution in [0, 0.1) is 23.7 Å². The number of carbonyl (C=O) groups is 2. The topological polar surface area (TPSA) is 122 Å². The van der Waals surface area contributed by atoms with Crippen LogP contribution in [0.2, 0.25) is 5.02 Å². The summed E-state index contributed by atoms with van der Waals surface area (Å²) in [6.45, 7) is 4.32. The van der Waals surface area contributed by atoms with E-state index in [0.717, 1.165) is 75.2 Å². The lowest BCUT2D eigenvalue weighted by Crippen LogP contribution is -2.49. The van der Waals surface area contributed by atoms with Crippen LogP contribution in [0.15, 0.2) is 45.9 Å². The summed E-state index contributed by atoms with van der Waals surface area (Å²) in [4.78, 5) is 30.0. The predicted octanol–water partition coefficient (Wildman–Crippen LogP) is 5.84. The molecule has 1 fully saturated rings. The number of nitrogens with one attached hydrogen (secondary N) is 1. The zero-order valence-electron chi connectivity index (χ0n) is 30.1. The molecule has 11 nitrogen and oxygen atoms in total. The molecule has 0 aromatic heterocycles. The minimum absolute atomic E-state index is 0.0440. The second-order valence-electron chi connectivity index (χ2n) is 15.3. The lowest BCUT2D eigenvalue weighted by Gasteiger charge is -2.46. The third kappa shape index (κ3) is 7.33. The van der Waals surface area contributed by atoms with Gasteiger partial charge in [0.1, 0.15) is 21.6 Å². The van der Waals surface area contributed by atoms with Gasteiger partial charge in [0, 0.05) is 43.2 Å². The molecule has 13 heteroatoms. The van der Waals surface area contributed by atoms with E-state index in [-0.39, 0.29) is 35.6 Å². The summed E-state index contributed by atoms with van der Waals surface area (Å²) in [5.74, 6) is -0.149. The number of halogens is 1. The van der Waals surface area contributed by atoms with E-state index in [9.17, 15) is 13.8 Å². The van der Waals surface area contributed by atoms with Crippen LogP contribution in [0.5, 0.6) is 5.75 Å². The number of carbonyl (C=O) groups excluding carboxylic acids is 2. The molecular weight excluding hydrogens is 690 g/mol. The van der Waals surface area contributed by atoms with Crippen LogP contribution in [-0.2, 0) is 36.0 Å². The molecule has 2 aromatic carbocycles. The molecule has 7 rings (SSSR count). The fourth-order valence-corrected chi connectivity index (χ4v) is 11.2. The zero-order valence-corrected chi connectivity index (χ0v) is 31.6. The fourth-order valence-electron chi connectivity index (χ4n) is 9.00. The van der Waals surface area contributed by atoms with Crippen LogP contribution in [0.3, 0.4) is 0 Å². The summed E-state index contributed by atoms with van der Waals surface area (Å²) in [5.41, 5.74) is 3.44. The third-order valence-electron chi connectivity index (χ3n) is 11.7. The van der Waals surface area contributed by atoms with Crippen molar-refractivity contribution in [2.24, 2.45) is 33.1 Å². The smallest absolute Gasteiger partial charge is 0.286 e. The number of hydrogen-bond acceptors (Lipinski definition) is 9. The molecule has 1 saturated carbocycles. The van der Waals surface area contributed by atoms with Crippen LogP contribution in [0.4, 0.5) is 5.69 Å². The van der Waals surface area contributed by atoms with E-state index in [1.807, 2.05) is 32.2 Å². The van der Waals surface area contributed by atoms with Gasteiger partial charge in [-0.2, -0.15) is 0 Å². The second-order valence-corrected chi connectivity index (χ2v) is 17.7. The molecule has 276 valence electrons. The van der Waals surface area contributed by atoms with Crippen molar-refractivity contribution in [2.75, 3.05) is 58.2 Å². The summed E-state index contributed by atoms with van der Waals surface area (Å²) in [5, 5.41) is 6.60. The Hall–Kier alpha value is -3.35. The van der Waals surface area contributed by atoms with Gasteiger partial charge >= 0.3 is 0 Å². The van der Waals surface area contributed by atoms with E-state index in [0.29, 0.717) is 29.8 Å². The lowest BCUT2D eigenvalue weighted by atomic mass is 9.68. The maximum absolute atomic E-state index is 14.6. The quantitative estimate of drug-likeness (QED) is 0.417. The van der Waals surface area contributed by atoms with Crippen molar-refractivity contribution in [1.82, 2.24) is 9.73 Å². The molecule has 2 bridgehead atoms. The maximum Gasteiger partial charge on any atom is 0.286 e. The minimum Gasteiger partial charge on any atom is -0.490 e. The highest BCUT2D eigenvalue weighted by atomic mass is 35.5. The minimum atomic E-state index is -3.52. The number of hydrazone groups is 1. The van der Waals surface area contributed by atoms with Crippen LogP contribution in [0.1, 0.15) is 73.4 Å². The number of anilines is 1. The first-order valence-corrected chi connectivity index (χ1v) is 20.3. The number of ether oxygens (including phenoxy) is 3. The molecule has 2 aromatic rings. The van der Waals surface area contributed by atoms with Gasteiger partial charge in [-0.05, 0) is 104 Å². The van der Waals surface area contributed by atoms with Crippen molar-refractivity contribution in [2.45, 2.75) is 69.8 Å². The third-order valence-corrected chi connectivity index (χ3v) is 14.0. The van der Waals surface area contributed by atoms with Gasteiger partial charge in [0.25, 0.3) is 5.91 Å². The van der Waals surface area contributed by atoms with E-state index in [1.165, 1.54) is 18.2 Å². The number of rotatable bonds is 3. The van der Waals surface area contributed by atoms with E-state index in [4.69, 9.17) is 25.8 Å². The van der Waals surface area contributed by atoms with Gasteiger partial charge in [0.05, 0.1) is 37.8 Å². The molecule has 0 radical (unpaired) electrons. The van der Waals surface area contributed by atoms with E-state index >= 15 is 0 Å². The number of aryl methyl sites for hydroxylation is 1. The van der Waals surface area contributed by atoms with Crippen molar-refractivity contribution in [3.05, 3.63) is 58.1 Å². The summed E-state index contributed by atoms with van der Waals surface area (Å²) < 4.78 is 39.8. The molecule has 2 aliphatic carbocycles. The molecule has 1 N–H and O–H groups in total. The number of hydrogen-bond donors (Lipinski definition) is 1. The highest BCUT2D eigenvalue weighted by molar-refractivity contribution is 7.92. The summed E-state index contributed by atoms with van der Waals surface area (Å²) >= 11 is 6.46. The summed E-state index contributed by atoms with van der Waals surface area (Å²) in [6.07, 6.45) is 7.87. The van der Waals surface area contributed by atoms with Crippen LogP contribution < -0.4 is 14.4 Å². The molecule has 2 unspecified atom stereocenters. The maximum atomic E-state index is 14.6. The predicted molar refractivity (Wildman–Crippen MR) is 199 cm³/mol. The molecule has 0 saturated heterocycles. The van der Waals surface area contributed by atoms with E-state index in [1.54, 1.807) is 18.1 Å². The van der Waals surface area contributed by atoms with Gasteiger partial charge in [0.2, 0.25) is 11.8 Å². The van der Waals surface area contributed by atoms with E-state index in [2.05, 4.69) is 31.2 Å². The van der Waals surface area contributed by atoms with Crippen LogP contribution >= 0.6 is 11.6 Å². The van der Waals surface area contributed by atoms with Crippen molar-refractivity contribution in [3.63, 3.8) is 0 Å². The number of fused-ring (bicyclic) bond motifs is 4. The SMILES string of the molecule is COC1=NN(C)CC1C(=O)NS1(=O)=NC(=O)c2ccc3c(c2)N(C[C@@H]2CC[C@H]2[C@@H](OC)CCC[C@H](C)C1)C[C@@]1(CCCc2cc(Cl)ccc21)CO3. The molecule has 3 heterocycles. The first kappa shape index (κ1) is 36.0. The van der Waals surface area contributed by atoms with Gasteiger partial charge in [-0.3, -0.25) is 19.3 Å². The van der Waals surface area contributed by atoms with Crippen LogP contribution in [0.25, 0.3) is 0 Å². The molecule has 5 aliphatic rings. The molecule has 7 atom stereocenters. The average molecular weight is 740 g/mol. The first-order valence-electron chi connectivity index (χ1n) is 18.3. The van der Waals surface area contributed by atoms with Gasteiger partial charge in [-0.25, -0.2) is 4.21 Å². The van der Waals surface area contributed by atoms with Gasteiger partial charge in [0.15, 0.2) is 0 Å². The van der Waals surface area contributed by atoms with Gasteiger partial charge in [-0.15, -0.1) is 9.46 Å². The summed E-state index contributed by atoms with van der Waals surface area (Å²) in [7, 11) is 1.49. The van der Waals surface area contributed by atoms with Crippen molar-refractivity contribution in [3.8, 4) is 5.75 Å². The second kappa shape index (κ2) is 14.6. The Kier molecular flexibility index (Phi) is 10.3. The first-order chi connectivity index (χ1) is 24.5. The normalized spacial score (nSPS) is 32.4. The van der Waals surface area contributed by atoms with Gasteiger partial charge in [-0.1, -0.05) is 31.0 Å². The van der Waals surface area contributed by atoms with Crippen molar-refractivity contribution >= 4 is 44.9 Å². The zero-order chi connectivity index (χ0) is 35.9. The fraction of sp³-hybridized carbons (Fsp3) is 0.605. The highest BCUT2D eigenvalue weighted by Gasteiger charge is 2.45. The molecule has 2 amide bonds. The Morgan fingerprint density at radius 1 is 1.10 bits per heavy atom. The largest absolute Gasteiger partial charge is 0.490 e. The van der Waals surface area contributed by atoms with E-state index < -0.39 is 27.6 Å². The standard InChI is InChI=1S/C38H50ClN5O6S/c1-24-7-5-9-33(48-3)29-13-10-27(29)19-44-22-38(16-6-8-25-17-28(39)12-14-31(25)38)23-50-34-15-11-26(18-32(34)44)35(45)41-51(47,21-24)42-36(46)30-20-43(2)40-37(30)49-4/h11-12,14-15,17-18,24,27,29-30,33H,5-10,13,16,19-23H2,1-4H3,(H,41,42,45,46,47)/t24-,27-,29+,30?,33-,38-,51?/m0/s1. The summed E-state index contributed by atoms with van der Waals surface area (Å²) in [6, 6.07) is 11.6. The Morgan fingerprint density at radius 3 is 2.71 bits per heavy atom. The Balaban J connectivity index is 1.28. The van der Waals surface area contributed by atoms with Gasteiger partial charge < -0.3 is 19.1 Å². The van der Waals surface area contributed by atoms with Crippen molar-refractivity contribution in [1.29, 1.82) is 0 Å². The highest BCUT2D eigenvalue weighted by Crippen LogP contribution is 2.47. The van der Waals surface area contributed by atoms with Crippen LogP contribution in [-0.4, -0.2) is 86.3 Å². The molecular formula is C38H50ClN5O6S. The Morgan fingerprint density at radius 2 is 1.94 bits per heavy atom. The molecule has 1 spiro atoms. The lowest BCUT2D eigenvalue weighted by molar-refractivity contribution is -0.121. The monoisotopic (exact) mass is 739 g/mol. The number of amides is 2. The number of methoxy groups -OCH3 is 2. The Labute approximate surface area is 306 Å². The Bertz CT molecular complexity index is 1830. The van der Waals surface area contributed by atoms with Crippen molar-refractivity contribution < 1.29 is 28.0 Å². The average Bonchev–Trinajstić information content (AvgIpc) is 3.40. The number of nitrogens with zero attached hydrogens (tertiary/aromatic N) is 4. The molecule has 51 heavy (non-hydrogen) atoms.